The van der Waals surface area contributed by atoms with Crippen molar-refractivity contribution in [2.24, 2.45) is 5.92 Å². The van der Waals surface area contributed by atoms with E-state index in [0.29, 0.717) is 17.5 Å². The highest BCUT2D eigenvalue weighted by Crippen LogP contribution is 2.25. The molecule has 2 unspecified atom stereocenters. The third-order valence-electron chi connectivity index (χ3n) is 3.95. The molecule has 0 aromatic heterocycles. The summed E-state index contributed by atoms with van der Waals surface area (Å²) in [5.41, 5.74) is 0.260. The number of halogens is 2. The van der Waals surface area contributed by atoms with Gasteiger partial charge in [-0.2, -0.15) is 0 Å². The highest BCUT2D eigenvalue weighted by Gasteiger charge is 2.20. The lowest BCUT2D eigenvalue weighted by molar-refractivity contribution is -0.122. The summed E-state index contributed by atoms with van der Waals surface area (Å²) in [6, 6.07) is 4.18. The minimum atomic E-state index is -0.640. The molecule has 0 bridgehead atoms. The number of nitrogens with one attached hydrogen (secondary N) is 3. The first-order valence-electron chi connectivity index (χ1n) is 7.72. The molecule has 126 valence electrons. The highest BCUT2D eigenvalue weighted by molar-refractivity contribution is 6.43. The third kappa shape index (κ3) is 5.09. The number of hydrogen-bond donors (Lipinski definition) is 3. The van der Waals surface area contributed by atoms with Gasteiger partial charge in [-0.05, 0) is 50.9 Å². The van der Waals surface area contributed by atoms with E-state index < -0.39 is 11.9 Å². The zero-order valence-electron chi connectivity index (χ0n) is 13.0. The van der Waals surface area contributed by atoms with Gasteiger partial charge in [0.1, 0.15) is 6.04 Å². The van der Waals surface area contributed by atoms with Gasteiger partial charge in [-0.1, -0.05) is 29.3 Å². The second-order valence-electron chi connectivity index (χ2n) is 5.74. The lowest BCUT2D eigenvalue weighted by atomic mass is 10.1. The molecule has 0 saturated carbocycles. The van der Waals surface area contributed by atoms with Gasteiger partial charge in [0, 0.05) is 6.54 Å². The van der Waals surface area contributed by atoms with Gasteiger partial charge in [0.05, 0.1) is 15.6 Å². The predicted molar refractivity (Wildman–Crippen MR) is 92.0 cm³/mol. The van der Waals surface area contributed by atoms with E-state index in [4.69, 9.17) is 23.2 Å². The van der Waals surface area contributed by atoms with Gasteiger partial charge in [0.15, 0.2) is 0 Å². The Morgan fingerprint density at radius 1 is 1.39 bits per heavy atom. The molecule has 23 heavy (non-hydrogen) atoms. The van der Waals surface area contributed by atoms with Crippen LogP contribution in [0, 0.1) is 5.92 Å². The van der Waals surface area contributed by atoms with Crippen molar-refractivity contribution in [2.75, 3.05) is 19.6 Å². The summed E-state index contributed by atoms with van der Waals surface area (Å²) < 4.78 is 0. The normalized spacial score (nSPS) is 18.5. The number of hydrogen-bond acceptors (Lipinski definition) is 3. The second-order valence-corrected chi connectivity index (χ2v) is 6.52. The van der Waals surface area contributed by atoms with Gasteiger partial charge < -0.3 is 16.0 Å². The average molecular weight is 358 g/mol. The molecular weight excluding hydrogens is 337 g/mol. The van der Waals surface area contributed by atoms with Crippen LogP contribution in [0.4, 0.5) is 0 Å². The number of amides is 2. The van der Waals surface area contributed by atoms with Crippen LogP contribution in [0.15, 0.2) is 18.2 Å². The topological polar surface area (TPSA) is 70.2 Å². The predicted octanol–water partition coefficient (Wildman–Crippen LogP) is 2.23. The van der Waals surface area contributed by atoms with Crippen LogP contribution in [0.5, 0.6) is 0 Å². The van der Waals surface area contributed by atoms with E-state index in [1.165, 1.54) is 0 Å². The Bertz CT molecular complexity index is 574. The average Bonchev–Trinajstić information content (AvgIpc) is 3.03. The maximum Gasteiger partial charge on any atom is 0.253 e. The summed E-state index contributed by atoms with van der Waals surface area (Å²) >= 11 is 11.9. The Morgan fingerprint density at radius 2 is 2.17 bits per heavy atom. The fourth-order valence-corrected chi connectivity index (χ4v) is 2.92. The molecule has 1 aromatic carbocycles. The summed E-state index contributed by atoms with van der Waals surface area (Å²) in [6.07, 6.45) is 2.09. The van der Waals surface area contributed by atoms with Crippen molar-refractivity contribution >= 4 is 35.0 Å². The summed E-state index contributed by atoms with van der Waals surface area (Å²) in [7, 11) is 0. The van der Waals surface area contributed by atoms with Crippen molar-refractivity contribution in [2.45, 2.75) is 25.8 Å². The van der Waals surface area contributed by atoms with E-state index >= 15 is 0 Å². The van der Waals surface area contributed by atoms with Gasteiger partial charge in [0.2, 0.25) is 5.91 Å². The molecule has 0 spiro atoms. The number of carbonyl (C=O) groups excluding carboxylic acids is 2. The Morgan fingerprint density at radius 3 is 2.87 bits per heavy atom. The van der Waals surface area contributed by atoms with Gasteiger partial charge >= 0.3 is 0 Å². The minimum Gasteiger partial charge on any atom is -0.354 e. The van der Waals surface area contributed by atoms with Crippen molar-refractivity contribution in [3.63, 3.8) is 0 Å². The number of benzene rings is 1. The molecule has 1 aliphatic rings. The fourth-order valence-electron chi connectivity index (χ4n) is 2.53. The Kier molecular flexibility index (Phi) is 6.69. The summed E-state index contributed by atoms with van der Waals surface area (Å²) in [4.78, 5) is 24.2. The molecule has 2 atom stereocenters. The van der Waals surface area contributed by atoms with Crippen molar-refractivity contribution < 1.29 is 9.59 Å². The molecule has 2 rings (SSSR count). The molecule has 1 aromatic rings. The molecule has 2 amide bonds. The van der Waals surface area contributed by atoms with Crippen molar-refractivity contribution in [3.8, 4) is 0 Å². The van der Waals surface area contributed by atoms with Gasteiger partial charge in [0.25, 0.3) is 5.91 Å². The summed E-state index contributed by atoms with van der Waals surface area (Å²) in [5, 5.41) is 9.28. The van der Waals surface area contributed by atoms with E-state index in [9.17, 15) is 9.59 Å². The first kappa shape index (κ1) is 18.0. The zero-order chi connectivity index (χ0) is 16.8. The molecule has 1 fully saturated rings. The maximum absolute atomic E-state index is 12.2. The highest BCUT2D eigenvalue weighted by atomic mass is 35.5. The lowest BCUT2D eigenvalue weighted by Crippen LogP contribution is -2.45. The first-order chi connectivity index (χ1) is 11.0. The SMILES string of the molecule is CC(NC(=O)c1cccc(Cl)c1Cl)C(=O)NCCC1CCNC1. The van der Waals surface area contributed by atoms with Crippen molar-refractivity contribution in [1.82, 2.24) is 16.0 Å². The standard InChI is InChI=1S/C16H21Cl2N3O2/c1-10(15(22)20-8-6-11-5-7-19-9-11)21-16(23)12-3-2-4-13(17)14(12)18/h2-4,10-11,19H,5-9H2,1H3,(H,20,22)(H,21,23). The van der Waals surface area contributed by atoms with Gasteiger partial charge in [-0.3, -0.25) is 9.59 Å². The molecule has 3 N–H and O–H groups in total. The number of carbonyl (C=O) groups is 2. The molecule has 1 saturated heterocycles. The van der Waals surface area contributed by atoms with Crippen LogP contribution in [0.1, 0.15) is 30.1 Å². The van der Waals surface area contributed by atoms with Crippen LogP contribution < -0.4 is 16.0 Å². The van der Waals surface area contributed by atoms with Crippen LogP contribution in [-0.2, 0) is 4.79 Å². The van der Waals surface area contributed by atoms with Gasteiger partial charge in [-0.15, -0.1) is 0 Å². The van der Waals surface area contributed by atoms with E-state index in [1.54, 1.807) is 25.1 Å². The Balaban J connectivity index is 1.80. The molecule has 5 nitrogen and oxygen atoms in total. The van der Waals surface area contributed by atoms with E-state index in [-0.39, 0.29) is 16.5 Å². The fraction of sp³-hybridized carbons (Fsp3) is 0.500. The van der Waals surface area contributed by atoms with E-state index in [0.717, 1.165) is 25.9 Å². The lowest BCUT2D eigenvalue weighted by Gasteiger charge is -2.16. The molecule has 1 heterocycles. The van der Waals surface area contributed by atoms with Crippen LogP contribution in [0.25, 0.3) is 0 Å². The smallest absolute Gasteiger partial charge is 0.253 e. The quantitative estimate of drug-likeness (QED) is 0.730. The summed E-state index contributed by atoms with van der Waals surface area (Å²) in [6.45, 7) is 4.31. The first-order valence-corrected chi connectivity index (χ1v) is 8.48. The molecular formula is C16H21Cl2N3O2. The van der Waals surface area contributed by atoms with Crippen LogP contribution in [-0.4, -0.2) is 37.5 Å². The minimum absolute atomic E-state index is 0.188. The third-order valence-corrected chi connectivity index (χ3v) is 4.77. The molecule has 0 radical (unpaired) electrons. The zero-order valence-corrected chi connectivity index (χ0v) is 14.5. The van der Waals surface area contributed by atoms with Crippen molar-refractivity contribution in [1.29, 1.82) is 0 Å². The van der Waals surface area contributed by atoms with E-state index in [1.807, 2.05) is 0 Å². The largest absolute Gasteiger partial charge is 0.354 e. The summed E-state index contributed by atoms with van der Waals surface area (Å²) in [5.74, 6) is -0.00642. The molecule has 0 aliphatic carbocycles. The number of rotatable bonds is 6. The Labute approximate surface area is 146 Å². The second kappa shape index (κ2) is 8.52. The Hall–Kier alpha value is -1.30. The molecule has 7 heteroatoms. The van der Waals surface area contributed by atoms with Crippen molar-refractivity contribution in [3.05, 3.63) is 33.8 Å². The van der Waals surface area contributed by atoms with Crippen LogP contribution in [0.3, 0.4) is 0 Å². The monoisotopic (exact) mass is 357 g/mol. The van der Waals surface area contributed by atoms with Crippen LogP contribution in [0.2, 0.25) is 10.0 Å². The van der Waals surface area contributed by atoms with Crippen LogP contribution >= 0.6 is 23.2 Å². The molecule has 1 aliphatic heterocycles. The van der Waals surface area contributed by atoms with Gasteiger partial charge in [-0.25, -0.2) is 0 Å². The maximum atomic E-state index is 12.2. The van der Waals surface area contributed by atoms with E-state index in [2.05, 4.69) is 16.0 Å².